The molecule has 2 rings (SSSR count). The van der Waals surface area contributed by atoms with Crippen LogP contribution >= 0.6 is 0 Å². The van der Waals surface area contributed by atoms with Gasteiger partial charge in [0, 0.05) is 12.7 Å². The Hall–Kier alpha value is -2.54. The fourth-order valence-electron chi connectivity index (χ4n) is 2.13. The van der Waals surface area contributed by atoms with E-state index in [0.717, 1.165) is 10.6 Å². The monoisotopic (exact) mass is 348 g/mol. The van der Waals surface area contributed by atoms with Gasteiger partial charge < -0.3 is 10.1 Å². The lowest BCUT2D eigenvalue weighted by Crippen LogP contribution is -2.38. The minimum atomic E-state index is -3.63. The molecule has 0 bridgehead atoms. The van der Waals surface area contributed by atoms with E-state index in [1.165, 1.54) is 7.05 Å². The molecule has 1 atom stereocenters. The largest absolute Gasteiger partial charge is 0.497 e. The maximum Gasteiger partial charge on any atom is 0.262 e. The second kappa shape index (κ2) is 7.35. The number of carbonyl (C=O) groups excluding carboxylic acids is 1. The molecule has 0 aliphatic heterocycles. The van der Waals surface area contributed by atoms with E-state index in [-0.39, 0.29) is 0 Å². The zero-order valence-corrected chi connectivity index (χ0v) is 14.6. The lowest BCUT2D eigenvalue weighted by atomic mass is 10.1. The topological polar surface area (TPSA) is 75.7 Å². The minimum absolute atomic E-state index is 0.556. The summed E-state index contributed by atoms with van der Waals surface area (Å²) in [5.41, 5.74) is 1.36. The maximum absolute atomic E-state index is 12.7. The van der Waals surface area contributed by atoms with Gasteiger partial charge in [-0.2, -0.15) is 0 Å². The molecule has 7 heteroatoms. The number of nitrogens with one attached hydrogen (secondary N) is 1. The zero-order valence-electron chi connectivity index (χ0n) is 13.8. The highest BCUT2D eigenvalue weighted by molar-refractivity contribution is 7.88. The van der Waals surface area contributed by atoms with Crippen molar-refractivity contribution in [3.05, 3.63) is 60.2 Å². The third-order valence-electron chi connectivity index (χ3n) is 3.59. The van der Waals surface area contributed by atoms with Crippen LogP contribution in [-0.4, -0.2) is 39.0 Å². The number of anilines is 1. The molecule has 1 N–H and O–H groups in total. The van der Waals surface area contributed by atoms with Gasteiger partial charge in [-0.25, -0.2) is 12.7 Å². The minimum Gasteiger partial charge on any atom is -0.497 e. The number of hydrogen-bond donors (Lipinski definition) is 1. The van der Waals surface area contributed by atoms with Gasteiger partial charge in [0.05, 0.1) is 13.4 Å². The Labute approximate surface area is 142 Å². The number of likely N-dealkylation sites (N-methyl/N-ethyl adjacent to an activating group) is 1. The van der Waals surface area contributed by atoms with Gasteiger partial charge in [0.1, 0.15) is 11.8 Å². The van der Waals surface area contributed by atoms with Gasteiger partial charge in [-0.3, -0.25) is 4.79 Å². The Bertz CT molecular complexity index is 789. The van der Waals surface area contributed by atoms with Crippen molar-refractivity contribution in [2.24, 2.45) is 0 Å². The molecule has 1 amide bonds. The molecule has 0 radical (unpaired) electrons. The summed E-state index contributed by atoms with van der Waals surface area (Å²) in [5, 5.41) is 3.09. The molecular weight excluding hydrogens is 328 g/mol. The van der Waals surface area contributed by atoms with E-state index in [1.54, 1.807) is 55.6 Å². The Morgan fingerprint density at radius 3 is 2.17 bits per heavy atom. The lowest BCUT2D eigenvalue weighted by Gasteiger charge is -2.24. The molecule has 128 valence electrons. The van der Waals surface area contributed by atoms with E-state index < -0.39 is 22.0 Å². The number of ether oxygens (including phenoxy) is 1. The van der Waals surface area contributed by atoms with Crippen molar-refractivity contribution >= 4 is 21.6 Å². The Morgan fingerprint density at radius 1 is 1.08 bits per heavy atom. The van der Waals surface area contributed by atoms with Crippen LogP contribution in [0.15, 0.2) is 54.6 Å². The van der Waals surface area contributed by atoms with Crippen LogP contribution in [0.3, 0.4) is 0 Å². The van der Waals surface area contributed by atoms with Crippen LogP contribution in [0.1, 0.15) is 11.6 Å². The molecule has 24 heavy (non-hydrogen) atoms. The molecule has 0 spiro atoms. The van der Waals surface area contributed by atoms with Gasteiger partial charge in [-0.05, 0) is 29.8 Å². The second-order valence-electron chi connectivity index (χ2n) is 5.29. The molecule has 0 aliphatic carbocycles. The average Bonchev–Trinajstić information content (AvgIpc) is 2.59. The molecule has 0 aromatic heterocycles. The smallest absolute Gasteiger partial charge is 0.262 e. The quantitative estimate of drug-likeness (QED) is 0.867. The fraction of sp³-hybridized carbons (Fsp3) is 0.235. The van der Waals surface area contributed by atoms with Gasteiger partial charge in [-0.1, -0.05) is 30.3 Å². The lowest BCUT2D eigenvalue weighted by molar-refractivity contribution is -0.126. The maximum atomic E-state index is 12.7. The van der Waals surface area contributed by atoms with E-state index in [1.807, 2.05) is 6.07 Å². The summed E-state index contributed by atoms with van der Waals surface area (Å²) in [5.74, 6) is 0.135. The van der Waals surface area contributed by atoms with Crippen LogP contribution in [-0.2, 0) is 14.8 Å². The number of rotatable bonds is 6. The number of methoxy groups -OCH3 is 1. The first-order valence-electron chi connectivity index (χ1n) is 7.26. The number of benzene rings is 2. The molecule has 0 aliphatic rings. The summed E-state index contributed by atoms with van der Waals surface area (Å²) in [7, 11) is -0.812. The highest BCUT2D eigenvalue weighted by Crippen LogP contribution is 2.24. The van der Waals surface area contributed by atoms with Crippen LogP contribution in [0, 0.1) is 0 Å². The van der Waals surface area contributed by atoms with E-state index in [0.29, 0.717) is 17.0 Å². The molecular formula is C17H20N2O4S. The molecule has 1 unspecified atom stereocenters. The summed E-state index contributed by atoms with van der Waals surface area (Å²) in [6.07, 6.45) is 1.00. The molecule has 0 saturated heterocycles. The molecule has 2 aromatic rings. The summed E-state index contributed by atoms with van der Waals surface area (Å²) < 4.78 is 29.3. The van der Waals surface area contributed by atoms with Crippen LogP contribution in [0.5, 0.6) is 5.75 Å². The molecule has 0 heterocycles. The van der Waals surface area contributed by atoms with E-state index in [4.69, 9.17) is 4.74 Å². The van der Waals surface area contributed by atoms with Crippen molar-refractivity contribution in [2.75, 3.05) is 25.7 Å². The number of carbonyl (C=O) groups is 1. The Balaban J connectivity index is 2.34. The molecule has 0 fully saturated rings. The van der Waals surface area contributed by atoms with Crippen LogP contribution in [0.2, 0.25) is 0 Å². The highest BCUT2D eigenvalue weighted by atomic mass is 32.2. The van der Waals surface area contributed by atoms with Gasteiger partial charge >= 0.3 is 0 Å². The SMILES string of the molecule is COc1ccc(NC(C(=O)N(C)S(C)(=O)=O)c2ccccc2)cc1. The first-order chi connectivity index (χ1) is 11.3. The summed E-state index contributed by atoms with van der Waals surface area (Å²) in [6.45, 7) is 0. The van der Waals surface area contributed by atoms with Crippen molar-refractivity contribution in [2.45, 2.75) is 6.04 Å². The Morgan fingerprint density at radius 2 is 1.67 bits per heavy atom. The summed E-state index contributed by atoms with van der Waals surface area (Å²) >= 11 is 0. The van der Waals surface area contributed by atoms with E-state index >= 15 is 0 Å². The zero-order chi connectivity index (χ0) is 17.7. The normalized spacial score (nSPS) is 12.3. The van der Waals surface area contributed by atoms with Gasteiger partial charge in [-0.15, -0.1) is 0 Å². The van der Waals surface area contributed by atoms with E-state index in [2.05, 4.69) is 5.32 Å². The number of sulfonamides is 1. The highest BCUT2D eigenvalue weighted by Gasteiger charge is 2.28. The second-order valence-corrected chi connectivity index (χ2v) is 7.30. The van der Waals surface area contributed by atoms with Crippen LogP contribution in [0.25, 0.3) is 0 Å². The van der Waals surface area contributed by atoms with Crippen molar-refractivity contribution < 1.29 is 17.9 Å². The molecule has 0 saturated carbocycles. The first-order valence-corrected chi connectivity index (χ1v) is 9.11. The van der Waals surface area contributed by atoms with Crippen molar-refractivity contribution in [1.82, 2.24) is 4.31 Å². The first kappa shape index (κ1) is 17.8. The van der Waals surface area contributed by atoms with Gasteiger partial charge in [0.2, 0.25) is 10.0 Å². The van der Waals surface area contributed by atoms with E-state index in [9.17, 15) is 13.2 Å². The Kier molecular flexibility index (Phi) is 5.46. The third-order valence-corrected chi connectivity index (χ3v) is 4.76. The summed E-state index contributed by atoms with van der Waals surface area (Å²) in [6, 6.07) is 15.2. The summed E-state index contributed by atoms with van der Waals surface area (Å²) in [4.78, 5) is 12.7. The predicted octanol–water partition coefficient (Wildman–Crippen LogP) is 2.27. The van der Waals surface area contributed by atoms with Crippen LogP contribution < -0.4 is 10.1 Å². The van der Waals surface area contributed by atoms with Crippen LogP contribution in [0.4, 0.5) is 5.69 Å². The van der Waals surface area contributed by atoms with Gasteiger partial charge in [0.25, 0.3) is 5.91 Å². The number of amides is 1. The van der Waals surface area contributed by atoms with Crippen molar-refractivity contribution in [3.8, 4) is 5.75 Å². The standard InChI is InChI=1S/C17H20N2O4S/c1-19(24(3,21)22)17(20)16(13-7-5-4-6-8-13)18-14-9-11-15(23-2)12-10-14/h4-12,16,18H,1-3H3. The predicted molar refractivity (Wildman–Crippen MR) is 93.4 cm³/mol. The van der Waals surface area contributed by atoms with Crippen molar-refractivity contribution in [1.29, 1.82) is 0 Å². The molecule has 2 aromatic carbocycles. The number of nitrogens with zero attached hydrogens (tertiary/aromatic N) is 1. The third kappa shape index (κ3) is 4.26. The van der Waals surface area contributed by atoms with Gasteiger partial charge in [0.15, 0.2) is 0 Å². The number of hydrogen-bond acceptors (Lipinski definition) is 5. The average molecular weight is 348 g/mol. The van der Waals surface area contributed by atoms with Crippen molar-refractivity contribution in [3.63, 3.8) is 0 Å². The molecule has 6 nitrogen and oxygen atoms in total. The fourth-order valence-corrected chi connectivity index (χ4v) is 2.56.